The first-order valence-corrected chi connectivity index (χ1v) is 9.35. The lowest BCUT2D eigenvalue weighted by atomic mass is 10.1. The standard InChI is InChI=1S/C21H21NO8/c1-2-9-26-16-4-6-17(7-5-16)27-10-11-28-21(23)8-3-15-12-19-20(30-14-29-19)13-18(15)22(24)25/h3-8,12-13H,2,9-11,14H2,1H3/b8-3+. The summed E-state index contributed by atoms with van der Waals surface area (Å²) in [5, 5.41) is 11.2. The van der Waals surface area contributed by atoms with Gasteiger partial charge in [0.2, 0.25) is 6.79 Å². The monoisotopic (exact) mass is 415 g/mol. The van der Waals surface area contributed by atoms with Gasteiger partial charge in [0, 0.05) is 6.08 Å². The Hall–Kier alpha value is -3.75. The first-order chi connectivity index (χ1) is 14.6. The number of nitro groups is 1. The number of carbonyl (C=O) groups is 1. The number of hydrogen-bond donors (Lipinski definition) is 0. The van der Waals surface area contributed by atoms with Gasteiger partial charge in [-0.05, 0) is 42.8 Å². The van der Waals surface area contributed by atoms with Gasteiger partial charge in [-0.15, -0.1) is 0 Å². The van der Waals surface area contributed by atoms with Crippen molar-refractivity contribution < 1.29 is 33.4 Å². The molecule has 9 nitrogen and oxygen atoms in total. The Kier molecular flexibility index (Phi) is 7.09. The fraction of sp³-hybridized carbons (Fsp3) is 0.286. The molecule has 0 bridgehead atoms. The zero-order chi connectivity index (χ0) is 21.3. The van der Waals surface area contributed by atoms with E-state index in [9.17, 15) is 14.9 Å². The second-order valence-corrected chi connectivity index (χ2v) is 6.19. The fourth-order valence-corrected chi connectivity index (χ4v) is 2.60. The number of benzene rings is 2. The van der Waals surface area contributed by atoms with Crippen molar-refractivity contribution in [2.24, 2.45) is 0 Å². The van der Waals surface area contributed by atoms with Crippen molar-refractivity contribution in [2.75, 3.05) is 26.6 Å². The van der Waals surface area contributed by atoms with E-state index < -0.39 is 10.9 Å². The molecular formula is C21H21NO8. The molecule has 1 aliphatic rings. The highest BCUT2D eigenvalue weighted by atomic mass is 16.7. The van der Waals surface area contributed by atoms with Crippen molar-refractivity contribution in [3.8, 4) is 23.0 Å². The van der Waals surface area contributed by atoms with Gasteiger partial charge >= 0.3 is 5.97 Å². The molecule has 0 aromatic heterocycles. The zero-order valence-corrected chi connectivity index (χ0v) is 16.4. The van der Waals surface area contributed by atoms with Gasteiger partial charge in [0.1, 0.15) is 24.7 Å². The van der Waals surface area contributed by atoms with E-state index in [4.69, 9.17) is 23.7 Å². The van der Waals surface area contributed by atoms with Crippen molar-refractivity contribution in [3.63, 3.8) is 0 Å². The highest BCUT2D eigenvalue weighted by molar-refractivity contribution is 5.88. The second-order valence-electron chi connectivity index (χ2n) is 6.19. The van der Waals surface area contributed by atoms with E-state index in [2.05, 4.69) is 0 Å². The van der Waals surface area contributed by atoms with Crippen LogP contribution in [-0.4, -0.2) is 37.5 Å². The molecule has 30 heavy (non-hydrogen) atoms. The summed E-state index contributed by atoms with van der Waals surface area (Å²) < 4.78 is 26.4. The van der Waals surface area contributed by atoms with Gasteiger partial charge in [0.05, 0.1) is 23.2 Å². The normalized spacial score (nSPS) is 12.0. The first-order valence-electron chi connectivity index (χ1n) is 9.35. The van der Waals surface area contributed by atoms with Crippen LogP contribution in [0.3, 0.4) is 0 Å². The highest BCUT2D eigenvalue weighted by Gasteiger charge is 2.22. The zero-order valence-electron chi connectivity index (χ0n) is 16.4. The molecule has 9 heteroatoms. The SMILES string of the molecule is CCCOc1ccc(OCCOC(=O)/C=C/c2cc3c(cc2[N+](=O)[O-])OCO3)cc1. The van der Waals surface area contributed by atoms with Crippen LogP contribution in [0.4, 0.5) is 5.69 Å². The number of hydrogen-bond acceptors (Lipinski definition) is 8. The van der Waals surface area contributed by atoms with Gasteiger partial charge in [0.25, 0.3) is 5.69 Å². The average molecular weight is 415 g/mol. The number of nitrogens with zero attached hydrogens (tertiary/aromatic N) is 1. The van der Waals surface area contributed by atoms with Gasteiger partial charge < -0.3 is 23.7 Å². The van der Waals surface area contributed by atoms with Crippen LogP contribution < -0.4 is 18.9 Å². The summed E-state index contributed by atoms with van der Waals surface area (Å²) in [4.78, 5) is 22.5. The minimum atomic E-state index is -0.645. The van der Waals surface area contributed by atoms with Crippen molar-refractivity contribution in [2.45, 2.75) is 13.3 Å². The number of rotatable bonds is 10. The molecule has 0 saturated carbocycles. The van der Waals surface area contributed by atoms with E-state index in [1.807, 2.05) is 6.92 Å². The van der Waals surface area contributed by atoms with E-state index in [1.165, 1.54) is 18.2 Å². The number of fused-ring (bicyclic) bond motifs is 1. The quantitative estimate of drug-likeness (QED) is 0.190. The van der Waals surface area contributed by atoms with Crippen molar-refractivity contribution in [1.82, 2.24) is 0 Å². The molecule has 0 atom stereocenters. The van der Waals surface area contributed by atoms with E-state index in [-0.39, 0.29) is 31.3 Å². The molecule has 0 amide bonds. The number of carbonyl (C=O) groups excluding carboxylic acids is 1. The van der Waals surface area contributed by atoms with Crippen LogP contribution in [0.5, 0.6) is 23.0 Å². The smallest absolute Gasteiger partial charge is 0.330 e. The maximum atomic E-state index is 11.9. The van der Waals surface area contributed by atoms with Crippen LogP contribution in [0.1, 0.15) is 18.9 Å². The molecule has 0 fully saturated rings. The summed E-state index contributed by atoms with van der Waals surface area (Å²) in [6.07, 6.45) is 3.35. The van der Waals surface area contributed by atoms with Crippen molar-refractivity contribution in [1.29, 1.82) is 0 Å². The van der Waals surface area contributed by atoms with Gasteiger partial charge in [0.15, 0.2) is 11.5 Å². The minimum Gasteiger partial charge on any atom is -0.494 e. The maximum absolute atomic E-state index is 11.9. The van der Waals surface area contributed by atoms with Gasteiger partial charge in [-0.3, -0.25) is 10.1 Å². The highest BCUT2D eigenvalue weighted by Crippen LogP contribution is 2.38. The second kappa shape index (κ2) is 10.1. The summed E-state index contributed by atoms with van der Waals surface area (Å²) in [7, 11) is 0. The molecule has 3 rings (SSSR count). The van der Waals surface area contributed by atoms with Crippen molar-refractivity contribution in [3.05, 3.63) is 58.2 Å². The molecule has 1 aliphatic heterocycles. The molecular weight excluding hydrogens is 394 g/mol. The fourth-order valence-electron chi connectivity index (χ4n) is 2.60. The Morgan fingerprint density at radius 3 is 2.33 bits per heavy atom. The van der Waals surface area contributed by atoms with Crippen LogP contribution in [0.15, 0.2) is 42.5 Å². The van der Waals surface area contributed by atoms with E-state index in [1.54, 1.807) is 24.3 Å². The topological polar surface area (TPSA) is 106 Å². The Morgan fingerprint density at radius 2 is 1.70 bits per heavy atom. The van der Waals surface area contributed by atoms with Gasteiger partial charge in [-0.25, -0.2) is 4.79 Å². The molecule has 1 heterocycles. The third-order valence-electron chi connectivity index (χ3n) is 4.01. The Labute approximate surface area is 172 Å². The molecule has 0 unspecified atom stereocenters. The average Bonchev–Trinajstić information content (AvgIpc) is 3.21. The van der Waals surface area contributed by atoms with Gasteiger partial charge in [-0.2, -0.15) is 0 Å². The predicted octanol–water partition coefficient (Wildman–Crippen LogP) is 3.75. The van der Waals surface area contributed by atoms with Gasteiger partial charge in [-0.1, -0.05) is 6.92 Å². The molecule has 2 aromatic rings. The maximum Gasteiger partial charge on any atom is 0.330 e. The Bertz CT molecular complexity index is 923. The van der Waals surface area contributed by atoms with E-state index in [0.717, 1.165) is 18.2 Å². The third kappa shape index (κ3) is 5.63. The summed E-state index contributed by atoms with van der Waals surface area (Å²) in [6, 6.07) is 9.86. The molecule has 0 spiro atoms. The minimum absolute atomic E-state index is 0.00378. The lowest BCUT2D eigenvalue weighted by molar-refractivity contribution is -0.385. The summed E-state index contributed by atoms with van der Waals surface area (Å²) in [6.45, 7) is 2.87. The van der Waals surface area contributed by atoms with Crippen LogP contribution in [-0.2, 0) is 9.53 Å². The Balaban J connectivity index is 1.47. The molecule has 2 aromatic carbocycles. The lowest BCUT2D eigenvalue weighted by Gasteiger charge is -2.08. The van der Waals surface area contributed by atoms with Crippen LogP contribution >= 0.6 is 0 Å². The molecule has 0 N–H and O–H groups in total. The lowest BCUT2D eigenvalue weighted by Crippen LogP contribution is -2.10. The first kappa shape index (κ1) is 21.0. The van der Waals surface area contributed by atoms with Crippen molar-refractivity contribution >= 4 is 17.7 Å². The largest absolute Gasteiger partial charge is 0.494 e. The number of esters is 1. The Morgan fingerprint density at radius 1 is 1.07 bits per heavy atom. The van der Waals surface area contributed by atoms with Crippen LogP contribution in [0.25, 0.3) is 6.08 Å². The molecule has 0 radical (unpaired) electrons. The van der Waals surface area contributed by atoms with Crippen LogP contribution in [0.2, 0.25) is 0 Å². The summed E-state index contributed by atoms with van der Waals surface area (Å²) >= 11 is 0. The third-order valence-corrected chi connectivity index (χ3v) is 4.01. The number of ether oxygens (including phenoxy) is 5. The predicted molar refractivity (Wildman–Crippen MR) is 107 cm³/mol. The molecule has 0 aliphatic carbocycles. The summed E-state index contributed by atoms with van der Waals surface area (Å²) in [5.74, 6) is 1.42. The summed E-state index contributed by atoms with van der Waals surface area (Å²) in [5.41, 5.74) is 0.0147. The van der Waals surface area contributed by atoms with E-state index >= 15 is 0 Å². The molecule has 158 valence electrons. The van der Waals surface area contributed by atoms with Crippen LogP contribution in [0, 0.1) is 10.1 Å². The van der Waals surface area contributed by atoms with E-state index in [0.29, 0.717) is 23.9 Å². The number of nitro benzene ring substituents is 1. The molecule has 0 saturated heterocycles.